The molecule has 0 aromatic heterocycles. The first kappa shape index (κ1) is 26.3. The molecule has 1 aromatic carbocycles. The van der Waals surface area contributed by atoms with E-state index in [9.17, 15) is 22.8 Å². The second kappa shape index (κ2) is 8.60. The maximum Gasteiger partial charge on any atom is 0.418 e. The first-order chi connectivity index (χ1) is 17.1. The molecule has 5 rings (SSSR count). The zero-order chi connectivity index (χ0) is 27.0. The van der Waals surface area contributed by atoms with E-state index in [1.165, 1.54) is 12.1 Å². The average Bonchev–Trinajstić information content (AvgIpc) is 3.15. The minimum Gasteiger partial charge on any atom is -0.349 e. The maximum absolute atomic E-state index is 14.0. The zero-order valence-corrected chi connectivity index (χ0v) is 22.5. The van der Waals surface area contributed by atoms with Crippen molar-refractivity contribution in [3.63, 3.8) is 0 Å². The second-order valence-electron chi connectivity index (χ2n) is 13.4. The van der Waals surface area contributed by atoms with Crippen LogP contribution in [0.5, 0.6) is 0 Å². The molecule has 0 spiro atoms. The molecule has 3 saturated carbocycles. The topological polar surface area (TPSA) is 58.2 Å². The largest absolute Gasteiger partial charge is 0.418 e. The van der Waals surface area contributed by atoms with Crippen LogP contribution in [0.3, 0.4) is 0 Å². The number of carbonyl (C=O) groups is 2. The summed E-state index contributed by atoms with van der Waals surface area (Å²) in [5.74, 6) is 0.624. The number of benzene rings is 1. The molecule has 7 heteroatoms. The summed E-state index contributed by atoms with van der Waals surface area (Å²) in [6.45, 7) is 10.1. The summed E-state index contributed by atoms with van der Waals surface area (Å²) in [5, 5.41) is 5.87. The van der Waals surface area contributed by atoms with Gasteiger partial charge in [0.25, 0.3) is 0 Å². The van der Waals surface area contributed by atoms with Crippen molar-refractivity contribution in [2.45, 2.75) is 90.8 Å². The molecular weight excluding hydrogens is 477 g/mol. The molecular formula is C30H39F3N2O2. The van der Waals surface area contributed by atoms with Crippen molar-refractivity contribution in [3.8, 4) is 0 Å². The number of anilines is 1. The standard InChI is InChI=1S/C30H39F3N2O2/c1-27(2,3)17-6-10-23(22(16-17)30(31,32)33)34-26(37)21-9-8-19-18-7-11-24-29(5,15-13-25(36)35-24)20(18)12-14-28(19,21)4/h6,10,13,15-16,18-21,24H,7-9,11-12,14H2,1-5H3,(H,34,37)(H,35,36)/t18-,19-,20-,21+,24+,28-,29+/m0/s1. The van der Waals surface area contributed by atoms with Crippen molar-refractivity contribution in [3.05, 3.63) is 41.5 Å². The lowest BCUT2D eigenvalue weighted by Gasteiger charge is -2.58. The van der Waals surface area contributed by atoms with E-state index in [1.807, 2.05) is 20.8 Å². The highest BCUT2D eigenvalue weighted by Crippen LogP contribution is 2.65. The van der Waals surface area contributed by atoms with Crippen LogP contribution < -0.4 is 10.6 Å². The van der Waals surface area contributed by atoms with Crippen LogP contribution in [0, 0.1) is 34.5 Å². The number of carbonyl (C=O) groups excluding carboxylic acids is 2. The number of hydrogen-bond acceptors (Lipinski definition) is 2. The van der Waals surface area contributed by atoms with E-state index in [0.717, 1.165) is 32.1 Å². The van der Waals surface area contributed by atoms with Crippen LogP contribution in [-0.2, 0) is 21.2 Å². The van der Waals surface area contributed by atoms with Gasteiger partial charge in [-0.1, -0.05) is 46.8 Å². The number of rotatable bonds is 2. The summed E-state index contributed by atoms with van der Waals surface area (Å²) in [5.41, 5.74) is -1.11. The van der Waals surface area contributed by atoms with E-state index < -0.39 is 17.2 Å². The Kier molecular flexibility index (Phi) is 6.12. The summed E-state index contributed by atoms with van der Waals surface area (Å²) in [6.07, 6.45) is 4.61. The molecule has 4 aliphatic rings. The van der Waals surface area contributed by atoms with Gasteiger partial charge < -0.3 is 10.6 Å². The van der Waals surface area contributed by atoms with E-state index in [-0.39, 0.29) is 40.3 Å². The Labute approximate surface area is 217 Å². The third kappa shape index (κ3) is 4.30. The maximum atomic E-state index is 14.0. The van der Waals surface area contributed by atoms with Crippen molar-refractivity contribution >= 4 is 17.5 Å². The molecule has 2 N–H and O–H groups in total. The van der Waals surface area contributed by atoms with Gasteiger partial charge >= 0.3 is 6.18 Å². The molecule has 0 bridgehead atoms. The number of nitrogens with one attached hydrogen (secondary N) is 2. The van der Waals surface area contributed by atoms with Crippen molar-refractivity contribution in [1.29, 1.82) is 0 Å². The molecule has 1 heterocycles. The van der Waals surface area contributed by atoms with E-state index >= 15 is 0 Å². The minimum atomic E-state index is -4.55. The van der Waals surface area contributed by atoms with Crippen LogP contribution in [0.4, 0.5) is 18.9 Å². The smallest absolute Gasteiger partial charge is 0.349 e. The third-order valence-electron chi connectivity index (χ3n) is 10.5. The number of amides is 2. The Bertz CT molecular complexity index is 1140. The Balaban J connectivity index is 1.38. The van der Waals surface area contributed by atoms with Crippen LogP contribution in [0.2, 0.25) is 0 Å². The molecule has 0 saturated heterocycles. The second-order valence-corrected chi connectivity index (χ2v) is 13.4. The number of hydrogen-bond donors (Lipinski definition) is 2. The van der Waals surface area contributed by atoms with Crippen LogP contribution in [-0.4, -0.2) is 17.9 Å². The van der Waals surface area contributed by atoms with Crippen molar-refractivity contribution in [1.82, 2.24) is 5.32 Å². The van der Waals surface area contributed by atoms with Crippen molar-refractivity contribution in [2.24, 2.45) is 34.5 Å². The van der Waals surface area contributed by atoms with Gasteiger partial charge in [-0.2, -0.15) is 13.2 Å². The fraction of sp³-hybridized carbons (Fsp3) is 0.667. The molecule has 4 nitrogen and oxygen atoms in total. The average molecular weight is 517 g/mol. The summed E-state index contributed by atoms with van der Waals surface area (Å²) in [7, 11) is 0. The Morgan fingerprint density at radius 3 is 2.43 bits per heavy atom. The summed E-state index contributed by atoms with van der Waals surface area (Å²) in [4.78, 5) is 25.5. The molecule has 0 radical (unpaired) electrons. The van der Waals surface area contributed by atoms with E-state index in [1.54, 1.807) is 12.1 Å². The highest BCUT2D eigenvalue weighted by atomic mass is 19.4. The van der Waals surface area contributed by atoms with Gasteiger partial charge in [-0.05, 0) is 90.9 Å². The summed E-state index contributed by atoms with van der Waals surface area (Å²) >= 11 is 0. The lowest BCUT2D eigenvalue weighted by Crippen LogP contribution is -2.59. The predicted octanol–water partition coefficient (Wildman–Crippen LogP) is 6.85. The van der Waals surface area contributed by atoms with Crippen LogP contribution in [0.15, 0.2) is 30.4 Å². The molecule has 2 amide bonds. The van der Waals surface area contributed by atoms with Crippen LogP contribution in [0.25, 0.3) is 0 Å². The van der Waals surface area contributed by atoms with Gasteiger partial charge in [-0.3, -0.25) is 9.59 Å². The van der Waals surface area contributed by atoms with Gasteiger partial charge in [0.1, 0.15) is 0 Å². The van der Waals surface area contributed by atoms with Crippen molar-refractivity contribution < 1.29 is 22.8 Å². The molecule has 0 unspecified atom stereocenters. The molecule has 202 valence electrons. The molecule has 1 aromatic rings. The lowest BCUT2D eigenvalue weighted by molar-refractivity contribution is -0.137. The Morgan fingerprint density at radius 1 is 1.03 bits per heavy atom. The third-order valence-corrected chi connectivity index (χ3v) is 10.5. The normalized spacial score (nSPS) is 37.3. The molecule has 37 heavy (non-hydrogen) atoms. The highest BCUT2D eigenvalue weighted by Gasteiger charge is 2.61. The van der Waals surface area contributed by atoms with Gasteiger partial charge in [-0.15, -0.1) is 0 Å². The molecule has 3 fully saturated rings. The van der Waals surface area contributed by atoms with Gasteiger partial charge in [0.2, 0.25) is 11.8 Å². The van der Waals surface area contributed by atoms with Gasteiger partial charge in [-0.25, -0.2) is 0 Å². The Hall–Kier alpha value is -2.31. The molecule has 7 atom stereocenters. The van der Waals surface area contributed by atoms with Gasteiger partial charge in [0.05, 0.1) is 11.3 Å². The Morgan fingerprint density at radius 2 is 1.76 bits per heavy atom. The fourth-order valence-electron chi connectivity index (χ4n) is 8.34. The molecule has 1 aliphatic heterocycles. The monoisotopic (exact) mass is 516 g/mol. The van der Waals surface area contributed by atoms with E-state index in [2.05, 4.69) is 30.6 Å². The first-order valence-corrected chi connectivity index (χ1v) is 13.7. The zero-order valence-electron chi connectivity index (χ0n) is 22.5. The summed E-state index contributed by atoms with van der Waals surface area (Å²) in [6, 6.07) is 4.42. The van der Waals surface area contributed by atoms with Gasteiger partial charge in [0.15, 0.2) is 0 Å². The number of alkyl halides is 3. The number of halogens is 3. The SMILES string of the molecule is CC(C)(C)c1ccc(NC(=O)[C@H]2CC[C@H]3[C@@H]4CC[C@H]5NC(=O)C=C[C@]5(C)[C@H]4CC[C@]23C)c(C(F)(F)F)c1. The van der Waals surface area contributed by atoms with E-state index in [0.29, 0.717) is 29.7 Å². The first-order valence-electron chi connectivity index (χ1n) is 13.7. The summed E-state index contributed by atoms with van der Waals surface area (Å²) < 4.78 is 42.0. The lowest BCUT2D eigenvalue weighted by atomic mass is 9.48. The fourth-order valence-corrected chi connectivity index (χ4v) is 8.34. The van der Waals surface area contributed by atoms with Crippen molar-refractivity contribution in [2.75, 3.05) is 5.32 Å². The minimum absolute atomic E-state index is 0.0204. The number of fused-ring (bicyclic) bond motifs is 5. The van der Waals surface area contributed by atoms with Crippen LogP contribution in [0.1, 0.15) is 84.3 Å². The van der Waals surface area contributed by atoms with Gasteiger partial charge in [0, 0.05) is 17.4 Å². The highest BCUT2D eigenvalue weighted by molar-refractivity contribution is 5.94. The van der Waals surface area contributed by atoms with E-state index in [4.69, 9.17) is 0 Å². The quantitative estimate of drug-likeness (QED) is 0.451. The molecule has 3 aliphatic carbocycles. The predicted molar refractivity (Wildman–Crippen MR) is 138 cm³/mol. The van der Waals surface area contributed by atoms with Crippen LogP contribution >= 0.6 is 0 Å².